The van der Waals surface area contributed by atoms with Gasteiger partial charge in [0.25, 0.3) is 0 Å². The van der Waals surface area contributed by atoms with Gasteiger partial charge in [-0.15, -0.1) is 11.8 Å². The third kappa shape index (κ3) is 5.57. The number of H-pyrrole nitrogens is 1. The maximum Gasteiger partial charge on any atom is 0.332 e. The number of aromatic nitrogens is 2. The highest BCUT2D eigenvalue weighted by Gasteiger charge is 2.24. The van der Waals surface area contributed by atoms with Crippen LogP contribution < -0.4 is 10.2 Å². The van der Waals surface area contributed by atoms with Crippen molar-refractivity contribution in [3.8, 4) is 11.8 Å². The lowest BCUT2D eigenvalue weighted by Crippen LogP contribution is -2.32. The van der Waals surface area contributed by atoms with E-state index in [0.717, 1.165) is 57.8 Å². The van der Waals surface area contributed by atoms with Gasteiger partial charge < -0.3 is 5.32 Å². The number of urea groups is 1. The fourth-order valence-electron chi connectivity index (χ4n) is 4.55. The van der Waals surface area contributed by atoms with Gasteiger partial charge in [-0.25, -0.2) is 9.69 Å². The van der Waals surface area contributed by atoms with Crippen LogP contribution in [0.3, 0.4) is 0 Å². The second-order valence-corrected chi connectivity index (χ2v) is 11.6. The van der Waals surface area contributed by atoms with E-state index in [4.69, 9.17) is 0 Å². The third-order valence-electron chi connectivity index (χ3n) is 6.76. The summed E-state index contributed by atoms with van der Waals surface area (Å²) in [6.45, 7) is 10.4. The van der Waals surface area contributed by atoms with Crippen LogP contribution >= 0.6 is 11.8 Å². The van der Waals surface area contributed by atoms with Crippen LogP contribution in [0.2, 0.25) is 0 Å². The third-order valence-corrected chi connectivity index (χ3v) is 7.78. The molecule has 6 nitrogen and oxygen atoms in total. The standard InChI is InChI=1S/C31H33N5OS/c1-22-11-13-24(31(2,3)4)20-28(22)36(29-15-16-32-34-29)30(37)33-27-14-12-23(25-9-5-6-10-26(25)27)8-7-17-35-18-19-38-21-35/h5-6,9-16,20H,17-19,21H2,1-4H3,(H,32,34)(H,33,37). The second-order valence-electron chi connectivity index (χ2n) is 10.6. The van der Waals surface area contributed by atoms with Gasteiger partial charge in [0.05, 0.1) is 24.1 Å². The van der Waals surface area contributed by atoms with Gasteiger partial charge in [-0.3, -0.25) is 10.00 Å². The van der Waals surface area contributed by atoms with E-state index in [9.17, 15) is 4.79 Å². The quantitative estimate of drug-likeness (QED) is 0.286. The molecule has 0 aliphatic carbocycles. The molecule has 7 heteroatoms. The molecule has 1 fully saturated rings. The Morgan fingerprint density at radius 2 is 1.95 bits per heavy atom. The molecule has 5 rings (SSSR count). The van der Waals surface area contributed by atoms with E-state index in [2.05, 4.69) is 77.3 Å². The lowest BCUT2D eigenvalue weighted by atomic mass is 9.86. The van der Waals surface area contributed by atoms with Gasteiger partial charge in [0, 0.05) is 35.2 Å². The number of carbonyl (C=O) groups excluding carboxylic acids is 1. The number of fused-ring (bicyclic) bond motifs is 1. The Morgan fingerprint density at radius 1 is 1.13 bits per heavy atom. The number of hydrogen-bond acceptors (Lipinski definition) is 4. The summed E-state index contributed by atoms with van der Waals surface area (Å²) in [5, 5.41) is 12.2. The summed E-state index contributed by atoms with van der Waals surface area (Å²) in [6.07, 6.45) is 1.66. The molecule has 2 amide bonds. The van der Waals surface area contributed by atoms with Crippen molar-refractivity contribution in [2.45, 2.75) is 33.1 Å². The fourth-order valence-corrected chi connectivity index (χ4v) is 5.54. The van der Waals surface area contributed by atoms with Crippen molar-refractivity contribution in [2.75, 3.05) is 34.9 Å². The van der Waals surface area contributed by atoms with Crippen LogP contribution in [0.4, 0.5) is 22.0 Å². The highest BCUT2D eigenvalue weighted by Crippen LogP contribution is 2.34. The number of aromatic amines is 1. The van der Waals surface area contributed by atoms with Gasteiger partial charge in [0.15, 0.2) is 0 Å². The molecule has 38 heavy (non-hydrogen) atoms. The van der Waals surface area contributed by atoms with E-state index in [1.165, 1.54) is 5.75 Å². The molecule has 0 radical (unpaired) electrons. The highest BCUT2D eigenvalue weighted by atomic mass is 32.2. The van der Waals surface area contributed by atoms with Crippen LogP contribution in [0, 0.1) is 18.8 Å². The molecule has 0 bridgehead atoms. The van der Waals surface area contributed by atoms with Crippen LogP contribution in [0.1, 0.15) is 37.5 Å². The molecule has 2 heterocycles. The topological polar surface area (TPSA) is 64.3 Å². The summed E-state index contributed by atoms with van der Waals surface area (Å²) in [5.74, 6) is 9.51. The van der Waals surface area contributed by atoms with E-state index in [-0.39, 0.29) is 11.4 Å². The molecule has 0 atom stereocenters. The molecule has 1 aliphatic heterocycles. The molecule has 2 N–H and O–H groups in total. The minimum Gasteiger partial charge on any atom is -0.307 e. The van der Waals surface area contributed by atoms with Crippen molar-refractivity contribution in [2.24, 2.45) is 0 Å². The zero-order chi connectivity index (χ0) is 26.7. The molecule has 3 aromatic carbocycles. The molecule has 0 spiro atoms. The SMILES string of the molecule is Cc1ccc(C(C)(C)C)cc1N(C(=O)Nc1ccc(C#CCN2CCSC2)c2ccccc12)c1ccn[nH]1. The van der Waals surface area contributed by atoms with Gasteiger partial charge in [0.2, 0.25) is 0 Å². The van der Waals surface area contributed by atoms with Gasteiger partial charge in [0.1, 0.15) is 5.82 Å². The molecular weight excluding hydrogens is 490 g/mol. The van der Waals surface area contributed by atoms with Gasteiger partial charge in [-0.05, 0) is 47.1 Å². The number of nitrogens with one attached hydrogen (secondary N) is 2. The van der Waals surface area contributed by atoms with Crippen LogP contribution in [0.25, 0.3) is 10.8 Å². The van der Waals surface area contributed by atoms with E-state index >= 15 is 0 Å². The normalized spacial score (nSPS) is 13.8. The molecule has 0 saturated carbocycles. The number of benzene rings is 3. The van der Waals surface area contributed by atoms with Gasteiger partial charge >= 0.3 is 6.03 Å². The summed E-state index contributed by atoms with van der Waals surface area (Å²) in [6, 6.07) is 19.8. The van der Waals surface area contributed by atoms with E-state index in [1.807, 2.05) is 49.0 Å². The number of aryl methyl sites for hydroxylation is 1. The lowest BCUT2D eigenvalue weighted by Gasteiger charge is -2.27. The molecular formula is C31H33N5OS. The predicted octanol–water partition coefficient (Wildman–Crippen LogP) is 6.90. The van der Waals surface area contributed by atoms with Gasteiger partial charge in [-0.2, -0.15) is 5.10 Å². The minimum absolute atomic E-state index is 0.0563. The van der Waals surface area contributed by atoms with Crippen molar-refractivity contribution in [1.82, 2.24) is 15.1 Å². The monoisotopic (exact) mass is 523 g/mol. The zero-order valence-electron chi connectivity index (χ0n) is 22.3. The first-order chi connectivity index (χ1) is 18.3. The van der Waals surface area contributed by atoms with Crippen molar-refractivity contribution in [3.63, 3.8) is 0 Å². The highest BCUT2D eigenvalue weighted by molar-refractivity contribution is 7.99. The predicted molar refractivity (Wildman–Crippen MR) is 159 cm³/mol. The minimum atomic E-state index is -0.265. The maximum absolute atomic E-state index is 13.9. The van der Waals surface area contributed by atoms with Crippen molar-refractivity contribution < 1.29 is 4.79 Å². The lowest BCUT2D eigenvalue weighted by molar-refractivity contribution is 0.259. The molecule has 1 aromatic heterocycles. The van der Waals surface area contributed by atoms with Crippen molar-refractivity contribution in [3.05, 3.63) is 83.6 Å². The Morgan fingerprint density at radius 3 is 2.66 bits per heavy atom. The van der Waals surface area contributed by atoms with Crippen molar-refractivity contribution >= 4 is 45.8 Å². The maximum atomic E-state index is 13.9. The molecule has 1 aliphatic rings. The molecule has 194 valence electrons. The van der Waals surface area contributed by atoms with Crippen LogP contribution in [-0.4, -0.2) is 45.8 Å². The largest absolute Gasteiger partial charge is 0.332 e. The summed E-state index contributed by atoms with van der Waals surface area (Å²) >= 11 is 1.95. The zero-order valence-corrected chi connectivity index (χ0v) is 23.2. The average Bonchev–Trinajstić information content (AvgIpc) is 3.61. The smallest absolute Gasteiger partial charge is 0.307 e. The van der Waals surface area contributed by atoms with Crippen LogP contribution in [0.15, 0.2) is 66.9 Å². The molecule has 1 saturated heterocycles. The Bertz CT molecular complexity index is 1510. The van der Waals surface area contributed by atoms with Crippen LogP contribution in [0.5, 0.6) is 0 Å². The number of amides is 2. The molecule has 0 unspecified atom stereocenters. The van der Waals surface area contributed by atoms with E-state index in [0.29, 0.717) is 5.82 Å². The first-order valence-corrected chi connectivity index (χ1v) is 14.0. The van der Waals surface area contributed by atoms with Crippen LogP contribution in [-0.2, 0) is 5.41 Å². The number of rotatable bonds is 4. The first-order valence-electron chi connectivity index (χ1n) is 12.8. The Balaban J connectivity index is 1.48. The number of hydrogen-bond donors (Lipinski definition) is 2. The Labute approximate surface area is 228 Å². The number of nitrogens with zero attached hydrogens (tertiary/aromatic N) is 3. The number of carbonyl (C=O) groups is 1. The number of anilines is 3. The van der Waals surface area contributed by atoms with Gasteiger partial charge in [-0.1, -0.05) is 69.0 Å². The fraction of sp³-hybridized carbons (Fsp3) is 0.290. The average molecular weight is 524 g/mol. The summed E-state index contributed by atoms with van der Waals surface area (Å²) in [4.78, 5) is 17.9. The molecule has 4 aromatic rings. The number of thioether (sulfide) groups is 1. The summed E-state index contributed by atoms with van der Waals surface area (Å²) in [5.41, 5.74) is 4.60. The Hall–Kier alpha value is -3.73. The summed E-state index contributed by atoms with van der Waals surface area (Å²) in [7, 11) is 0. The van der Waals surface area contributed by atoms with E-state index < -0.39 is 0 Å². The van der Waals surface area contributed by atoms with Crippen molar-refractivity contribution in [1.29, 1.82) is 0 Å². The second kappa shape index (κ2) is 10.9. The summed E-state index contributed by atoms with van der Waals surface area (Å²) < 4.78 is 0. The first kappa shape index (κ1) is 25.9. The Kier molecular flexibility index (Phi) is 7.46. The van der Waals surface area contributed by atoms with E-state index in [1.54, 1.807) is 17.2 Å².